The molecule has 2 N–H and O–H groups in total. The summed E-state index contributed by atoms with van der Waals surface area (Å²) >= 11 is 1.50. The Morgan fingerprint density at radius 3 is 2.84 bits per heavy atom. The van der Waals surface area contributed by atoms with Crippen molar-refractivity contribution in [3.8, 4) is 10.7 Å². The van der Waals surface area contributed by atoms with Gasteiger partial charge < -0.3 is 10.3 Å². The minimum atomic E-state index is -0.258. The minimum absolute atomic E-state index is 0.258. The molecule has 0 radical (unpaired) electrons. The molecule has 98 valence electrons. The number of nitrogens with zero attached hydrogens (tertiary/aromatic N) is 2. The Kier molecular flexibility index (Phi) is 2.98. The SMILES string of the molecule is CCCn1c(-c2ccc(N)s2)nc2cc(F)ccc21. The molecule has 0 unspecified atom stereocenters. The van der Waals surface area contributed by atoms with Crippen molar-refractivity contribution in [1.29, 1.82) is 0 Å². The highest BCUT2D eigenvalue weighted by molar-refractivity contribution is 7.19. The van der Waals surface area contributed by atoms with Gasteiger partial charge in [-0.3, -0.25) is 0 Å². The molecule has 19 heavy (non-hydrogen) atoms. The first-order valence-electron chi connectivity index (χ1n) is 6.20. The number of rotatable bonds is 3. The van der Waals surface area contributed by atoms with Gasteiger partial charge in [-0.1, -0.05) is 6.92 Å². The van der Waals surface area contributed by atoms with E-state index in [4.69, 9.17) is 5.73 Å². The molecule has 0 aliphatic rings. The van der Waals surface area contributed by atoms with Crippen LogP contribution in [0.25, 0.3) is 21.7 Å². The molecule has 3 rings (SSSR count). The van der Waals surface area contributed by atoms with Crippen LogP contribution in [0.4, 0.5) is 9.39 Å². The van der Waals surface area contributed by atoms with Crippen molar-refractivity contribution in [2.24, 2.45) is 0 Å². The van der Waals surface area contributed by atoms with E-state index in [0.29, 0.717) is 5.52 Å². The highest BCUT2D eigenvalue weighted by Crippen LogP contribution is 2.31. The number of hydrogen-bond donors (Lipinski definition) is 1. The molecule has 0 atom stereocenters. The van der Waals surface area contributed by atoms with Crippen LogP contribution in [-0.4, -0.2) is 9.55 Å². The fourth-order valence-electron chi connectivity index (χ4n) is 2.21. The third-order valence-corrected chi connectivity index (χ3v) is 3.92. The molecule has 2 aromatic heterocycles. The van der Waals surface area contributed by atoms with Crippen molar-refractivity contribution < 1.29 is 4.39 Å². The van der Waals surface area contributed by atoms with Gasteiger partial charge in [0.15, 0.2) is 5.82 Å². The van der Waals surface area contributed by atoms with Gasteiger partial charge in [-0.05, 0) is 30.7 Å². The maximum absolute atomic E-state index is 13.3. The van der Waals surface area contributed by atoms with Gasteiger partial charge in [0.25, 0.3) is 0 Å². The second-order valence-electron chi connectivity index (χ2n) is 4.42. The maximum Gasteiger partial charge on any atom is 0.151 e. The zero-order valence-corrected chi connectivity index (χ0v) is 11.4. The molecule has 0 aliphatic carbocycles. The molecule has 3 aromatic rings. The molecule has 0 bridgehead atoms. The predicted octanol–water partition coefficient (Wildman–Crippen LogP) is 3.90. The number of hydrogen-bond acceptors (Lipinski definition) is 3. The maximum atomic E-state index is 13.3. The van der Waals surface area contributed by atoms with Gasteiger partial charge in [-0.2, -0.15) is 0 Å². The average molecular weight is 275 g/mol. The Bertz CT molecular complexity index is 729. The Morgan fingerprint density at radius 2 is 2.16 bits per heavy atom. The summed E-state index contributed by atoms with van der Waals surface area (Å²) in [6, 6.07) is 8.57. The Balaban J connectivity index is 2.25. The second-order valence-corrected chi connectivity index (χ2v) is 5.54. The van der Waals surface area contributed by atoms with Crippen molar-refractivity contribution in [2.75, 3.05) is 5.73 Å². The fraction of sp³-hybridized carbons (Fsp3) is 0.214. The Morgan fingerprint density at radius 1 is 1.32 bits per heavy atom. The van der Waals surface area contributed by atoms with E-state index in [1.165, 1.54) is 23.5 Å². The smallest absolute Gasteiger partial charge is 0.151 e. The lowest BCUT2D eigenvalue weighted by atomic mass is 10.3. The molecular weight excluding hydrogens is 261 g/mol. The number of halogens is 1. The number of thiophene rings is 1. The third kappa shape index (κ3) is 2.10. The van der Waals surface area contributed by atoms with E-state index in [1.54, 1.807) is 6.07 Å². The number of nitrogens with two attached hydrogens (primary N) is 1. The quantitative estimate of drug-likeness (QED) is 0.788. The molecule has 0 fully saturated rings. The number of nitrogen functional groups attached to an aromatic ring is 1. The largest absolute Gasteiger partial charge is 0.391 e. The van der Waals surface area contributed by atoms with Gasteiger partial charge in [0.2, 0.25) is 0 Å². The van der Waals surface area contributed by atoms with Crippen LogP contribution in [0.3, 0.4) is 0 Å². The van der Waals surface area contributed by atoms with E-state index in [1.807, 2.05) is 12.1 Å². The van der Waals surface area contributed by atoms with E-state index < -0.39 is 0 Å². The molecule has 3 nitrogen and oxygen atoms in total. The highest BCUT2D eigenvalue weighted by atomic mass is 32.1. The number of benzene rings is 1. The van der Waals surface area contributed by atoms with Gasteiger partial charge in [0.1, 0.15) is 5.82 Å². The van der Waals surface area contributed by atoms with Crippen LogP contribution < -0.4 is 5.73 Å². The molecule has 5 heteroatoms. The molecule has 0 amide bonds. The summed E-state index contributed by atoms with van der Waals surface area (Å²) in [7, 11) is 0. The number of anilines is 1. The van der Waals surface area contributed by atoms with Crippen LogP contribution in [0.15, 0.2) is 30.3 Å². The molecular formula is C14H14FN3S. The number of fused-ring (bicyclic) bond motifs is 1. The Labute approximate surface area is 114 Å². The minimum Gasteiger partial charge on any atom is -0.391 e. The van der Waals surface area contributed by atoms with Crippen LogP contribution >= 0.6 is 11.3 Å². The molecule has 2 heterocycles. The van der Waals surface area contributed by atoms with Crippen molar-refractivity contribution in [2.45, 2.75) is 19.9 Å². The predicted molar refractivity (Wildman–Crippen MR) is 77.7 cm³/mol. The summed E-state index contributed by atoms with van der Waals surface area (Å²) in [6.45, 7) is 2.97. The van der Waals surface area contributed by atoms with E-state index >= 15 is 0 Å². The van der Waals surface area contributed by atoms with Crippen molar-refractivity contribution in [1.82, 2.24) is 9.55 Å². The topological polar surface area (TPSA) is 43.8 Å². The first kappa shape index (κ1) is 12.2. The van der Waals surface area contributed by atoms with E-state index in [9.17, 15) is 4.39 Å². The van der Waals surface area contributed by atoms with Crippen molar-refractivity contribution in [3.05, 3.63) is 36.1 Å². The summed E-state index contributed by atoms with van der Waals surface area (Å²) in [6.07, 6.45) is 0.997. The second kappa shape index (κ2) is 4.66. The van der Waals surface area contributed by atoms with Crippen molar-refractivity contribution in [3.63, 3.8) is 0 Å². The van der Waals surface area contributed by atoms with Gasteiger partial charge >= 0.3 is 0 Å². The van der Waals surface area contributed by atoms with E-state index in [0.717, 1.165) is 34.2 Å². The Hall–Kier alpha value is -1.88. The number of imidazole rings is 1. The van der Waals surface area contributed by atoms with Crippen molar-refractivity contribution >= 4 is 27.4 Å². The normalized spacial score (nSPS) is 11.3. The van der Waals surface area contributed by atoms with Gasteiger partial charge in [0, 0.05) is 12.6 Å². The lowest BCUT2D eigenvalue weighted by Crippen LogP contribution is -1.98. The molecule has 1 aromatic carbocycles. The molecule has 0 saturated heterocycles. The van der Waals surface area contributed by atoms with Gasteiger partial charge in [-0.15, -0.1) is 11.3 Å². The van der Waals surface area contributed by atoms with Crippen LogP contribution in [0.5, 0.6) is 0 Å². The highest BCUT2D eigenvalue weighted by Gasteiger charge is 2.14. The van der Waals surface area contributed by atoms with Gasteiger partial charge in [-0.25, -0.2) is 9.37 Å². The summed E-state index contributed by atoms with van der Waals surface area (Å²) in [5.74, 6) is 0.607. The van der Waals surface area contributed by atoms with Crippen LogP contribution in [-0.2, 0) is 6.54 Å². The van der Waals surface area contributed by atoms with Crippen LogP contribution in [0.1, 0.15) is 13.3 Å². The van der Waals surface area contributed by atoms with Crippen LogP contribution in [0.2, 0.25) is 0 Å². The number of aromatic nitrogens is 2. The fourth-order valence-corrected chi connectivity index (χ4v) is 2.99. The molecule has 0 aliphatic heterocycles. The first-order chi connectivity index (χ1) is 9.19. The van der Waals surface area contributed by atoms with E-state index in [2.05, 4.69) is 16.5 Å². The first-order valence-corrected chi connectivity index (χ1v) is 7.02. The van der Waals surface area contributed by atoms with Gasteiger partial charge in [0.05, 0.1) is 20.9 Å². The average Bonchev–Trinajstić information content (AvgIpc) is 2.94. The summed E-state index contributed by atoms with van der Waals surface area (Å²) in [5.41, 5.74) is 7.43. The van der Waals surface area contributed by atoms with Crippen LogP contribution in [0, 0.1) is 5.82 Å². The number of aryl methyl sites for hydroxylation is 1. The standard InChI is InChI=1S/C14H14FN3S/c1-2-7-18-11-4-3-9(15)8-10(11)17-14(18)12-5-6-13(16)19-12/h3-6,8H,2,7,16H2,1H3. The zero-order chi connectivity index (χ0) is 13.4. The third-order valence-electron chi connectivity index (χ3n) is 3.00. The monoisotopic (exact) mass is 275 g/mol. The molecule has 0 saturated carbocycles. The summed E-state index contributed by atoms with van der Waals surface area (Å²) in [5, 5.41) is 0.760. The lowest BCUT2D eigenvalue weighted by molar-refractivity contribution is 0.629. The summed E-state index contributed by atoms with van der Waals surface area (Å²) < 4.78 is 15.4. The van der Waals surface area contributed by atoms with E-state index in [-0.39, 0.29) is 5.82 Å². The summed E-state index contributed by atoms with van der Waals surface area (Å²) in [4.78, 5) is 5.57. The lowest BCUT2D eigenvalue weighted by Gasteiger charge is -2.05. The zero-order valence-electron chi connectivity index (χ0n) is 10.6. The molecule has 0 spiro atoms.